The first-order chi connectivity index (χ1) is 10.4. The fourth-order valence-electron chi connectivity index (χ4n) is 2.69. The lowest BCUT2D eigenvalue weighted by atomic mass is 9.87. The SMILES string of the molecule is CC(C)(C)c1cccc(OCCNC(=O)NC2CCCC2)c1. The van der Waals surface area contributed by atoms with E-state index in [1.807, 2.05) is 12.1 Å². The molecule has 0 aliphatic heterocycles. The van der Waals surface area contributed by atoms with Gasteiger partial charge < -0.3 is 15.4 Å². The Kier molecular flexibility index (Phi) is 5.69. The van der Waals surface area contributed by atoms with Crippen molar-refractivity contribution in [1.29, 1.82) is 0 Å². The van der Waals surface area contributed by atoms with E-state index in [2.05, 4.69) is 43.5 Å². The van der Waals surface area contributed by atoms with Crippen LogP contribution in [0.3, 0.4) is 0 Å². The van der Waals surface area contributed by atoms with Gasteiger partial charge in [0.2, 0.25) is 0 Å². The van der Waals surface area contributed by atoms with Crippen molar-refractivity contribution < 1.29 is 9.53 Å². The summed E-state index contributed by atoms with van der Waals surface area (Å²) in [6.07, 6.45) is 4.64. The van der Waals surface area contributed by atoms with Crippen molar-refractivity contribution in [2.75, 3.05) is 13.2 Å². The fourth-order valence-corrected chi connectivity index (χ4v) is 2.69. The molecule has 1 aromatic rings. The molecule has 0 atom stereocenters. The minimum absolute atomic E-state index is 0.0843. The molecule has 0 unspecified atom stereocenters. The average Bonchev–Trinajstić information content (AvgIpc) is 2.96. The van der Waals surface area contributed by atoms with Gasteiger partial charge in [0.25, 0.3) is 0 Å². The van der Waals surface area contributed by atoms with Crippen molar-refractivity contribution in [3.63, 3.8) is 0 Å². The molecule has 2 rings (SSSR count). The second kappa shape index (κ2) is 7.52. The Labute approximate surface area is 133 Å². The number of hydrogen-bond donors (Lipinski definition) is 2. The third kappa shape index (κ3) is 5.24. The van der Waals surface area contributed by atoms with Crippen LogP contribution in [0.1, 0.15) is 52.0 Å². The molecular weight excluding hydrogens is 276 g/mol. The van der Waals surface area contributed by atoms with Crippen LogP contribution < -0.4 is 15.4 Å². The Morgan fingerprint density at radius 1 is 1.27 bits per heavy atom. The lowest BCUT2D eigenvalue weighted by Crippen LogP contribution is -2.42. The largest absolute Gasteiger partial charge is 0.492 e. The molecule has 0 heterocycles. The van der Waals surface area contributed by atoms with E-state index in [0.717, 1.165) is 18.6 Å². The highest BCUT2D eigenvalue weighted by Crippen LogP contribution is 2.25. The number of carbonyl (C=O) groups excluding carboxylic acids is 1. The second-order valence-electron chi connectivity index (χ2n) is 7.01. The van der Waals surface area contributed by atoms with Gasteiger partial charge in [-0.1, -0.05) is 45.7 Å². The Balaban J connectivity index is 1.69. The first-order valence-corrected chi connectivity index (χ1v) is 8.23. The van der Waals surface area contributed by atoms with Crippen LogP contribution in [0.25, 0.3) is 0 Å². The number of ether oxygens (including phenoxy) is 1. The van der Waals surface area contributed by atoms with Gasteiger partial charge in [0.05, 0.1) is 6.54 Å². The molecule has 0 radical (unpaired) electrons. The van der Waals surface area contributed by atoms with Crippen molar-refractivity contribution in [2.45, 2.75) is 57.9 Å². The first-order valence-electron chi connectivity index (χ1n) is 8.23. The highest BCUT2D eigenvalue weighted by molar-refractivity contribution is 5.74. The van der Waals surface area contributed by atoms with Crippen LogP contribution in [-0.4, -0.2) is 25.2 Å². The summed E-state index contributed by atoms with van der Waals surface area (Å²) >= 11 is 0. The predicted molar refractivity (Wildman–Crippen MR) is 89.4 cm³/mol. The molecule has 2 N–H and O–H groups in total. The number of urea groups is 1. The summed E-state index contributed by atoms with van der Waals surface area (Å²) in [5, 5.41) is 5.85. The van der Waals surface area contributed by atoms with E-state index >= 15 is 0 Å². The standard InChI is InChI=1S/C18H28N2O2/c1-18(2,3)14-7-6-10-16(13-14)22-12-11-19-17(21)20-15-8-4-5-9-15/h6-7,10,13,15H,4-5,8-9,11-12H2,1-3H3,(H2,19,20,21). The van der Waals surface area contributed by atoms with Gasteiger partial charge in [-0.3, -0.25) is 0 Å². The Bertz CT molecular complexity index is 488. The molecule has 1 aromatic carbocycles. The molecule has 1 fully saturated rings. The summed E-state index contributed by atoms with van der Waals surface area (Å²) in [6, 6.07) is 8.41. The van der Waals surface area contributed by atoms with Crippen molar-refractivity contribution in [2.24, 2.45) is 0 Å². The summed E-state index contributed by atoms with van der Waals surface area (Å²) in [5.74, 6) is 0.852. The van der Waals surface area contributed by atoms with E-state index in [1.54, 1.807) is 0 Å². The molecule has 122 valence electrons. The quantitative estimate of drug-likeness (QED) is 0.817. The van der Waals surface area contributed by atoms with Gasteiger partial charge in [0.1, 0.15) is 12.4 Å². The van der Waals surface area contributed by atoms with Gasteiger partial charge in [-0.2, -0.15) is 0 Å². The van der Waals surface area contributed by atoms with Gasteiger partial charge in [-0.25, -0.2) is 4.79 Å². The summed E-state index contributed by atoms with van der Waals surface area (Å²) < 4.78 is 5.72. The lowest BCUT2D eigenvalue weighted by Gasteiger charge is -2.19. The lowest BCUT2D eigenvalue weighted by molar-refractivity contribution is 0.233. The Morgan fingerprint density at radius 3 is 2.68 bits per heavy atom. The van der Waals surface area contributed by atoms with Crippen LogP contribution in [0.5, 0.6) is 5.75 Å². The van der Waals surface area contributed by atoms with Crippen LogP contribution in [-0.2, 0) is 5.41 Å². The molecule has 22 heavy (non-hydrogen) atoms. The van der Waals surface area contributed by atoms with E-state index < -0.39 is 0 Å². The fraction of sp³-hybridized carbons (Fsp3) is 0.611. The second-order valence-corrected chi connectivity index (χ2v) is 7.01. The monoisotopic (exact) mass is 304 g/mol. The van der Waals surface area contributed by atoms with Gasteiger partial charge in [0.15, 0.2) is 0 Å². The zero-order valence-corrected chi connectivity index (χ0v) is 13.9. The number of nitrogens with one attached hydrogen (secondary N) is 2. The summed E-state index contributed by atoms with van der Waals surface area (Å²) in [6.45, 7) is 7.53. The molecule has 1 aliphatic carbocycles. The molecule has 0 aromatic heterocycles. The van der Waals surface area contributed by atoms with E-state index in [4.69, 9.17) is 4.74 Å². The van der Waals surface area contributed by atoms with Crippen LogP contribution in [0, 0.1) is 0 Å². The number of benzene rings is 1. The Morgan fingerprint density at radius 2 is 2.00 bits per heavy atom. The Hall–Kier alpha value is -1.71. The molecule has 0 spiro atoms. The highest BCUT2D eigenvalue weighted by atomic mass is 16.5. The molecule has 0 saturated heterocycles. The third-order valence-corrected chi connectivity index (χ3v) is 4.05. The maximum atomic E-state index is 11.7. The van der Waals surface area contributed by atoms with E-state index in [9.17, 15) is 4.79 Å². The molecule has 2 amide bonds. The molecule has 4 nitrogen and oxygen atoms in total. The number of hydrogen-bond acceptors (Lipinski definition) is 2. The predicted octanol–water partition coefficient (Wildman–Crippen LogP) is 3.60. The van der Waals surface area contributed by atoms with Gasteiger partial charge in [-0.15, -0.1) is 0 Å². The molecule has 0 bridgehead atoms. The minimum Gasteiger partial charge on any atom is -0.492 e. The van der Waals surface area contributed by atoms with Gasteiger partial charge in [-0.05, 0) is 36.0 Å². The van der Waals surface area contributed by atoms with Crippen molar-refractivity contribution in [1.82, 2.24) is 10.6 Å². The van der Waals surface area contributed by atoms with Crippen LogP contribution in [0.15, 0.2) is 24.3 Å². The molecular formula is C18H28N2O2. The maximum absolute atomic E-state index is 11.7. The normalized spacial score (nSPS) is 15.6. The van der Waals surface area contributed by atoms with Crippen molar-refractivity contribution in [3.8, 4) is 5.75 Å². The zero-order valence-electron chi connectivity index (χ0n) is 13.9. The summed E-state index contributed by atoms with van der Waals surface area (Å²) in [5.41, 5.74) is 1.36. The van der Waals surface area contributed by atoms with E-state index in [1.165, 1.54) is 18.4 Å². The van der Waals surface area contributed by atoms with Crippen molar-refractivity contribution in [3.05, 3.63) is 29.8 Å². The molecule has 1 aliphatic rings. The maximum Gasteiger partial charge on any atom is 0.315 e. The number of rotatable bonds is 5. The molecule has 4 heteroatoms. The number of amides is 2. The molecule has 1 saturated carbocycles. The average molecular weight is 304 g/mol. The topological polar surface area (TPSA) is 50.4 Å². The van der Waals surface area contributed by atoms with Crippen LogP contribution >= 0.6 is 0 Å². The van der Waals surface area contributed by atoms with Gasteiger partial charge >= 0.3 is 6.03 Å². The number of carbonyl (C=O) groups is 1. The minimum atomic E-state index is -0.0843. The van der Waals surface area contributed by atoms with Gasteiger partial charge in [0, 0.05) is 6.04 Å². The summed E-state index contributed by atoms with van der Waals surface area (Å²) in [4.78, 5) is 11.7. The third-order valence-electron chi connectivity index (χ3n) is 4.05. The van der Waals surface area contributed by atoms with Crippen LogP contribution in [0.4, 0.5) is 4.79 Å². The highest BCUT2D eigenvalue weighted by Gasteiger charge is 2.16. The van der Waals surface area contributed by atoms with E-state index in [0.29, 0.717) is 19.2 Å². The smallest absolute Gasteiger partial charge is 0.315 e. The van der Waals surface area contributed by atoms with Crippen molar-refractivity contribution >= 4 is 6.03 Å². The zero-order chi connectivity index (χ0) is 16.0. The first kappa shape index (κ1) is 16.7. The summed E-state index contributed by atoms with van der Waals surface area (Å²) in [7, 11) is 0. The van der Waals surface area contributed by atoms with Crippen LogP contribution in [0.2, 0.25) is 0 Å². The van der Waals surface area contributed by atoms with E-state index in [-0.39, 0.29) is 11.4 Å².